The summed E-state index contributed by atoms with van der Waals surface area (Å²) in [5, 5.41) is 3.10. The number of amides is 1. The predicted molar refractivity (Wildman–Crippen MR) is 115 cm³/mol. The van der Waals surface area contributed by atoms with Crippen LogP contribution in [0.3, 0.4) is 0 Å². The fraction of sp³-hybridized carbons (Fsp3) is 0.435. The van der Waals surface area contributed by atoms with Crippen LogP contribution in [-0.2, 0) is 23.6 Å². The molecule has 3 rings (SSSR count). The van der Waals surface area contributed by atoms with Crippen molar-refractivity contribution in [2.24, 2.45) is 0 Å². The molecule has 0 atom stereocenters. The van der Waals surface area contributed by atoms with E-state index < -0.39 is 0 Å². The van der Waals surface area contributed by atoms with Crippen LogP contribution in [0.1, 0.15) is 41.5 Å². The van der Waals surface area contributed by atoms with Crippen molar-refractivity contribution in [1.29, 1.82) is 0 Å². The van der Waals surface area contributed by atoms with Crippen molar-refractivity contribution in [2.75, 3.05) is 18.8 Å². The van der Waals surface area contributed by atoms with Gasteiger partial charge in [-0.15, -0.1) is 11.8 Å². The molecule has 0 spiro atoms. The number of likely N-dealkylation sites (tertiary alicyclic amines) is 1. The molecule has 1 N–H and O–H groups in total. The molecule has 0 aromatic heterocycles. The molecular formula is C23H30N2OS. The summed E-state index contributed by atoms with van der Waals surface area (Å²) < 4.78 is 0. The molecule has 1 fully saturated rings. The van der Waals surface area contributed by atoms with Gasteiger partial charge < -0.3 is 5.32 Å². The number of rotatable bonds is 8. The van der Waals surface area contributed by atoms with Gasteiger partial charge in [0.25, 0.3) is 0 Å². The summed E-state index contributed by atoms with van der Waals surface area (Å²) in [7, 11) is 0. The molecule has 3 nitrogen and oxygen atoms in total. The Balaban J connectivity index is 1.45. The first-order valence-corrected chi connectivity index (χ1v) is 11.1. The molecule has 1 aliphatic heterocycles. The third kappa shape index (κ3) is 6.40. The molecule has 0 aliphatic carbocycles. The Kier molecular flexibility index (Phi) is 7.79. The lowest BCUT2D eigenvalue weighted by Gasteiger charge is -2.27. The van der Waals surface area contributed by atoms with Gasteiger partial charge in [-0.05, 0) is 55.1 Å². The molecule has 1 amide bonds. The van der Waals surface area contributed by atoms with Gasteiger partial charge in [0.05, 0.1) is 5.75 Å². The molecule has 2 aromatic carbocycles. The second kappa shape index (κ2) is 10.5. The summed E-state index contributed by atoms with van der Waals surface area (Å²) in [5.74, 6) is 1.50. The fourth-order valence-electron chi connectivity index (χ4n) is 3.51. The fourth-order valence-corrected chi connectivity index (χ4v) is 4.45. The third-order valence-electron chi connectivity index (χ3n) is 5.19. The summed E-state index contributed by atoms with van der Waals surface area (Å²) in [6.07, 6.45) is 3.96. The summed E-state index contributed by atoms with van der Waals surface area (Å²) >= 11 is 1.68. The predicted octanol–water partition coefficient (Wildman–Crippen LogP) is 4.53. The van der Waals surface area contributed by atoms with Crippen molar-refractivity contribution >= 4 is 17.7 Å². The summed E-state index contributed by atoms with van der Waals surface area (Å²) in [6, 6.07) is 16.9. The molecule has 0 radical (unpaired) electrons. The molecule has 1 aliphatic rings. The number of hydrogen-bond acceptors (Lipinski definition) is 3. The smallest absolute Gasteiger partial charge is 0.230 e. The molecule has 1 saturated heterocycles. The van der Waals surface area contributed by atoms with E-state index in [1.807, 2.05) is 0 Å². The Hall–Kier alpha value is -1.78. The van der Waals surface area contributed by atoms with Crippen LogP contribution in [0.5, 0.6) is 0 Å². The maximum Gasteiger partial charge on any atom is 0.230 e. The molecule has 0 unspecified atom stereocenters. The van der Waals surface area contributed by atoms with E-state index >= 15 is 0 Å². The van der Waals surface area contributed by atoms with Crippen LogP contribution in [0.2, 0.25) is 0 Å². The number of hydrogen-bond donors (Lipinski definition) is 1. The van der Waals surface area contributed by atoms with E-state index in [1.165, 1.54) is 54.6 Å². The average Bonchev–Trinajstić information content (AvgIpc) is 2.70. The van der Waals surface area contributed by atoms with Crippen molar-refractivity contribution in [3.05, 3.63) is 70.8 Å². The normalized spacial score (nSPS) is 14.9. The number of carbonyl (C=O) groups is 1. The maximum atomic E-state index is 12.3. The van der Waals surface area contributed by atoms with Crippen molar-refractivity contribution in [1.82, 2.24) is 10.2 Å². The van der Waals surface area contributed by atoms with Crippen LogP contribution < -0.4 is 5.32 Å². The summed E-state index contributed by atoms with van der Waals surface area (Å²) in [4.78, 5) is 14.8. The van der Waals surface area contributed by atoms with Crippen molar-refractivity contribution in [3.8, 4) is 0 Å². The van der Waals surface area contributed by atoms with E-state index in [1.54, 1.807) is 11.8 Å². The highest BCUT2D eigenvalue weighted by Gasteiger charge is 2.12. The Morgan fingerprint density at radius 3 is 2.37 bits per heavy atom. The molecule has 144 valence electrons. The number of nitrogens with one attached hydrogen (secondary N) is 1. The first-order chi connectivity index (χ1) is 13.2. The Labute approximate surface area is 167 Å². The van der Waals surface area contributed by atoms with E-state index in [0.717, 1.165) is 12.3 Å². The van der Waals surface area contributed by atoms with Crippen molar-refractivity contribution in [3.63, 3.8) is 0 Å². The van der Waals surface area contributed by atoms with E-state index in [-0.39, 0.29) is 5.91 Å². The van der Waals surface area contributed by atoms with E-state index in [9.17, 15) is 4.79 Å². The molecule has 27 heavy (non-hydrogen) atoms. The minimum Gasteiger partial charge on any atom is -0.351 e. The summed E-state index contributed by atoms with van der Waals surface area (Å²) in [5.41, 5.74) is 5.17. The first-order valence-electron chi connectivity index (χ1n) is 9.90. The molecule has 0 bridgehead atoms. The van der Waals surface area contributed by atoms with Crippen LogP contribution in [-0.4, -0.2) is 29.6 Å². The Bertz CT molecular complexity index is 741. The first kappa shape index (κ1) is 20.0. The van der Waals surface area contributed by atoms with Gasteiger partial charge in [-0.2, -0.15) is 0 Å². The lowest BCUT2D eigenvalue weighted by atomic mass is 10.0. The number of nitrogens with zero attached hydrogens (tertiary/aromatic N) is 1. The minimum atomic E-state index is 0.112. The molecular weight excluding hydrogens is 352 g/mol. The number of benzene rings is 2. The molecule has 2 aromatic rings. The van der Waals surface area contributed by atoms with Crippen LogP contribution in [0.15, 0.2) is 48.5 Å². The second-order valence-electron chi connectivity index (χ2n) is 7.30. The molecule has 0 saturated carbocycles. The van der Waals surface area contributed by atoms with Crippen LogP contribution in [0.4, 0.5) is 0 Å². The average molecular weight is 383 g/mol. The van der Waals surface area contributed by atoms with Gasteiger partial charge in [-0.3, -0.25) is 9.69 Å². The van der Waals surface area contributed by atoms with E-state index in [0.29, 0.717) is 12.3 Å². The standard InChI is InChI=1S/C23H30N2OS/c1-19-9-3-4-12-22(19)17-27-18-23(26)24-15-20-10-5-6-11-21(20)16-25-13-7-2-8-14-25/h3-6,9-12H,2,7-8,13-18H2,1H3,(H,24,26). The quantitative estimate of drug-likeness (QED) is 0.728. The SMILES string of the molecule is Cc1ccccc1CSCC(=O)NCc1ccccc1CN1CCCCC1. The third-order valence-corrected chi connectivity index (χ3v) is 6.17. The number of piperidine rings is 1. The van der Waals surface area contributed by atoms with Gasteiger partial charge in [-0.25, -0.2) is 0 Å². The van der Waals surface area contributed by atoms with Gasteiger partial charge >= 0.3 is 0 Å². The van der Waals surface area contributed by atoms with Gasteiger partial charge in [-0.1, -0.05) is 55.0 Å². The van der Waals surface area contributed by atoms with Gasteiger partial charge in [0.1, 0.15) is 0 Å². The van der Waals surface area contributed by atoms with E-state index in [4.69, 9.17) is 0 Å². The highest BCUT2D eigenvalue weighted by molar-refractivity contribution is 7.99. The lowest BCUT2D eigenvalue weighted by Crippen LogP contribution is -2.30. The maximum absolute atomic E-state index is 12.3. The highest BCUT2D eigenvalue weighted by atomic mass is 32.2. The number of carbonyl (C=O) groups excluding carboxylic acids is 1. The minimum absolute atomic E-state index is 0.112. The van der Waals surface area contributed by atoms with Crippen LogP contribution in [0, 0.1) is 6.92 Å². The number of aryl methyl sites for hydroxylation is 1. The van der Waals surface area contributed by atoms with Gasteiger partial charge in [0.2, 0.25) is 5.91 Å². The Morgan fingerprint density at radius 2 is 1.63 bits per heavy atom. The Morgan fingerprint density at radius 1 is 0.963 bits per heavy atom. The van der Waals surface area contributed by atoms with Crippen LogP contribution >= 0.6 is 11.8 Å². The molecule has 1 heterocycles. The van der Waals surface area contributed by atoms with Crippen LogP contribution in [0.25, 0.3) is 0 Å². The van der Waals surface area contributed by atoms with Gasteiger partial charge in [0, 0.05) is 18.8 Å². The zero-order valence-corrected chi connectivity index (χ0v) is 17.1. The van der Waals surface area contributed by atoms with Crippen molar-refractivity contribution in [2.45, 2.75) is 45.0 Å². The van der Waals surface area contributed by atoms with Crippen molar-refractivity contribution < 1.29 is 4.79 Å². The number of thioether (sulfide) groups is 1. The topological polar surface area (TPSA) is 32.3 Å². The largest absolute Gasteiger partial charge is 0.351 e. The zero-order valence-electron chi connectivity index (χ0n) is 16.2. The van der Waals surface area contributed by atoms with E-state index in [2.05, 4.69) is 65.7 Å². The van der Waals surface area contributed by atoms with Gasteiger partial charge in [0.15, 0.2) is 0 Å². The zero-order chi connectivity index (χ0) is 18.9. The monoisotopic (exact) mass is 382 g/mol. The summed E-state index contributed by atoms with van der Waals surface area (Å²) in [6.45, 7) is 6.11. The highest BCUT2D eigenvalue weighted by Crippen LogP contribution is 2.17. The lowest BCUT2D eigenvalue weighted by molar-refractivity contribution is -0.118. The second-order valence-corrected chi connectivity index (χ2v) is 8.29. The molecule has 4 heteroatoms.